The van der Waals surface area contributed by atoms with Crippen LogP contribution in [-0.2, 0) is 16.2 Å². The molecule has 4 aliphatic carbocycles. The molecule has 0 amide bonds. The van der Waals surface area contributed by atoms with Crippen LogP contribution in [0.1, 0.15) is 72.2 Å². The van der Waals surface area contributed by atoms with Gasteiger partial charge in [0, 0.05) is 49.3 Å². The number of aromatic nitrogens is 1. The maximum Gasteiger partial charge on any atom is 0.0727 e. The van der Waals surface area contributed by atoms with Gasteiger partial charge < -0.3 is 9.30 Å². The van der Waals surface area contributed by atoms with Crippen LogP contribution in [-0.4, -0.2) is 4.40 Å². The third kappa shape index (κ3) is 4.37. The van der Waals surface area contributed by atoms with E-state index in [0.29, 0.717) is 0 Å². The van der Waals surface area contributed by atoms with E-state index >= 15 is 0 Å². The average Bonchev–Trinajstić information content (AvgIpc) is 4.18. The molecule has 0 bridgehead atoms. The molecule has 2 aromatic heterocycles. The first-order valence-corrected chi connectivity index (χ1v) is 24.6. The van der Waals surface area contributed by atoms with Gasteiger partial charge >= 0.3 is 0 Å². The van der Waals surface area contributed by atoms with Gasteiger partial charge in [-0.25, -0.2) is 0 Å². The van der Waals surface area contributed by atoms with Gasteiger partial charge in [0.1, 0.15) is 0 Å². The van der Waals surface area contributed by atoms with E-state index in [2.05, 4.69) is 243 Å². The Hall–Kier alpha value is -8.20. The summed E-state index contributed by atoms with van der Waals surface area (Å²) in [5.41, 5.74) is 28.1. The van der Waals surface area contributed by atoms with Crippen LogP contribution < -0.4 is 4.90 Å². The van der Waals surface area contributed by atoms with Crippen molar-refractivity contribution in [2.24, 2.45) is 0 Å². The highest BCUT2D eigenvalue weighted by Crippen LogP contribution is 2.66. The molecule has 0 saturated heterocycles. The second kappa shape index (κ2) is 12.7. The molecule has 324 valence electrons. The summed E-state index contributed by atoms with van der Waals surface area (Å²) in [6, 6.07) is 78.9. The van der Waals surface area contributed by atoms with Gasteiger partial charge in [-0.3, -0.25) is 0 Å². The number of nitrogens with zero attached hydrogens (tertiary/aromatic N) is 2. The average molecular weight is 879 g/mol. The molecule has 16 rings (SSSR count). The van der Waals surface area contributed by atoms with Crippen molar-refractivity contribution in [3.05, 3.63) is 251 Å². The number of para-hydroxylation sites is 3. The van der Waals surface area contributed by atoms with Crippen LogP contribution in [0.4, 0.5) is 17.1 Å². The predicted molar refractivity (Wildman–Crippen MR) is 287 cm³/mol. The van der Waals surface area contributed by atoms with E-state index in [9.17, 15) is 0 Å². The molecular weight excluding hydrogens is 833 g/mol. The summed E-state index contributed by atoms with van der Waals surface area (Å²) < 4.78 is 2.63. The van der Waals surface area contributed by atoms with Crippen LogP contribution in [0.15, 0.2) is 206 Å². The Kier molecular flexibility index (Phi) is 6.94. The van der Waals surface area contributed by atoms with Crippen LogP contribution in [0.5, 0.6) is 0 Å². The molecule has 0 aliphatic heterocycles. The molecule has 2 heteroatoms. The lowest BCUT2D eigenvalue weighted by atomic mass is 9.70. The summed E-state index contributed by atoms with van der Waals surface area (Å²) in [6.07, 6.45) is 0. The van der Waals surface area contributed by atoms with Crippen molar-refractivity contribution in [2.75, 3.05) is 4.90 Å². The highest BCUT2D eigenvalue weighted by Gasteiger charge is 2.53. The first-order chi connectivity index (χ1) is 33.8. The Morgan fingerprint density at radius 3 is 1.54 bits per heavy atom. The van der Waals surface area contributed by atoms with Crippen LogP contribution in [0.2, 0.25) is 0 Å². The highest BCUT2D eigenvalue weighted by molar-refractivity contribution is 6.29. The van der Waals surface area contributed by atoms with E-state index in [-0.39, 0.29) is 10.8 Å². The smallest absolute Gasteiger partial charge is 0.0727 e. The van der Waals surface area contributed by atoms with Crippen LogP contribution >= 0.6 is 0 Å². The highest BCUT2D eigenvalue weighted by atomic mass is 15.1. The number of rotatable bonds is 3. The molecule has 0 N–H and O–H groups in total. The SMILES string of the molecule is CC1(C)c2ccccc2-c2cc3c(cc21)-c1ccc(N(c2ccccc2)c2cc4c(c5c2c2cccc6c7ccccc7n5c62)-c2ccccc2C42c4ccccc4-c4ccccc42)cc1C3(C)C. The molecule has 0 unspecified atom stereocenters. The van der Waals surface area contributed by atoms with Gasteiger partial charge in [-0.15, -0.1) is 0 Å². The molecule has 2 nitrogen and oxygen atoms in total. The number of fused-ring (bicyclic) bond motifs is 23. The topological polar surface area (TPSA) is 7.65 Å². The zero-order chi connectivity index (χ0) is 45.7. The second-order valence-corrected chi connectivity index (χ2v) is 21.1. The summed E-state index contributed by atoms with van der Waals surface area (Å²) in [7, 11) is 0. The Morgan fingerprint density at radius 1 is 0.333 bits per heavy atom. The van der Waals surface area contributed by atoms with Gasteiger partial charge in [0.25, 0.3) is 0 Å². The molecule has 0 saturated carbocycles. The molecule has 0 radical (unpaired) electrons. The van der Waals surface area contributed by atoms with Crippen molar-refractivity contribution in [3.63, 3.8) is 0 Å². The summed E-state index contributed by atoms with van der Waals surface area (Å²) in [4.78, 5) is 2.59. The fraction of sp³-hybridized carbons (Fsp3) is 0.104. The third-order valence-corrected chi connectivity index (χ3v) is 17.3. The fourth-order valence-corrected chi connectivity index (χ4v) is 14.4. The maximum absolute atomic E-state index is 2.63. The normalized spacial score (nSPS) is 15.6. The lowest BCUT2D eigenvalue weighted by Gasteiger charge is -2.33. The van der Waals surface area contributed by atoms with E-state index in [1.54, 1.807) is 0 Å². The summed E-state index contributed by atoms with van der Waals surface area (Å²) in [5.74, 6) is 0. The number of benzene rings is 10. The van der Waals surface area contributed by atoms with Crippen molar-refractivity contribution in [1.82, 2.24) is 4.40 Å². The largest absolute Gasteiger partial charge is 0.310 e. The van der Waals surface area contributed by atoms with Gasteiger partial charge in [0.15, 0.2) is 0 Å². The zero-order valence-corrected chi connectivity index (χ0v) is 39.0. The maximum atomic E-state index is 2.63. The lowest BCUT2D eigenvalue weighted by Crippen LogP contribution is -2.26. The quantitative estimate of drug-likeness (QED) is 0.172. The summed E-state index contributed by atoms with van der Waals surface area (Å²) in [6.45, 7) is 9.67. The van der Waals surface area contributed by atoms with Gasteiger partial charge in [-0.2, -0.15) is 0 Å². The zero-order valence-electron chi connectivity index (χ0n) is 39.0. The van der Waals surface area contributed by atoms with Crippen molar-refractivity contribution >= 4 is 55.2 Å². The molecule has 0 atom stereocenters. The molecule has 1 spiro atoms. The van der Waals surface area contributed by atoms with Gasteiger partial charge in [-0.1, -0.05) is 185 Å². The van der Waals surface area contributed by atoms with Crippen molar-refractivity contribution < 1.29 is 0 Å². The Bertz CT molecular complexity index is 4210. The van der Waals surface area contributed by atoms with Crippen molar-refractivity contribution in [2.45, 2.75) is 43.9 Å². The standard InChI is InChI=1S/C67H46N2/c1-65(2)51-28-13-8-23-43(51)49-36-57-50(37-56(49)65)44-34-33-40(35-55(44)66(57,3)4)68(39-19-6-5-7-20-39)60-38-58-61(64-62(60)48-27-18-26-46-45-24-12-17-32-59(45)69(64)63(46)48)47-25-11-16-31-54(47)67(58)52-29-14-9-21-41(52)42-22-10-15-30-53(42)67/h5-38H,1-4H3. The predicted octanol–water partition coefficient (Wildman–Crippen LogP) is 17.3. The monoisotopic (exact) mass is 878 g/mol. The minimum absolute atomic E-state index is 0.0731. The Balaban J connectivity index is 1.03. The second-order valence-electron chi connectivity index (χ2n) is 21.1. The van der Waals surface area contributed by atoms with Crippen molar-refractivity contribution in [1.29, 1.82) is 0 Å². The number of hydrogen-bond donors (Lipinski definition) is 0. The first-order valence-electron chi connectivity index (χ1n) is 24.6. The minimum atomic E-state index is -0.531. The van der Waals surface area contributed by atoms with Crippen LogP contribution in [0, 0.1) is 0 Å². The molecule has 12 aromatic rings. The first kappa shape index (κ1) is 37.8. The van der Waals surface area contributed by atoms with E-state index < -0.39 is 5.41 Å². The Labute approximate surface area is 401 Å². The van der Waals surface area contributed by atoms with E-state index in [1.807, 2.05) is 0 Å². The van der Waals surface area contributed by atoms with E-state index in [4.69, 9.17) is 0 Å². The Morgan fingerprint density at radius 2 is 0.841 bits per heavy atom. The van der Waals surface area contributed by atoms with E-state index in [1.165, 1.54) is 133 Å². The van der Waals surface area contributed by atoms with E-state index in [0.717, 1.165) is 11.4 Å². The molecule has 0 fully saturated rings. The molecular formula is C67H46N2. The molecule has 4 aliphatic rings. The van der Waals surface area contributed by atoms with Crippen LogP contribution in [0.25, 0.3) is 82.6 Å². The lowest BCUT2D eigenvalue weighted by molar-refractivity contribution is 0.652. The molecule has 2 heterocycles. The fourth-order valence-electron chi connectivity index (χ4n) is 14.4. The van der Waals surface area contributed by atoms with Gasteiger partial charge in [0.05, 0.1) is 27.7 Å². The van der Waals surface area contributed by atoms with Gasteiger partial charge in [0.2, 0.25) is 0 Å². The molecule has 10 aromatic carbocycles. The summed E-state index contributed by atoms with van der Waals surface area (Å²) in [5, 5.41) is 5.12. The number of anilines is 3. The van der Waals surface area contributed by atoms with Crippen LogP contribution in [0.3, 0.4) is 0 Å². The number of hydrogen-bond acceptors (Lipinski definition) is 1. The third-order valence-electron chi connectivity index (χ3n) is 17.3. The molecule has 69 heavy (non-hydrogen) atoms. The summed E-state index contributed by atoms with van der Waals surface area (Å²) >= 11 is 0. The van der Waals surface area contributed by atoms with Gasteiger partial charge in [-0.05, 0) is 132 Å². The van der Waals surface area contributed by atoms with Crippen molar-refractivity contribution in [3.8, 4) is 44.5 Å². The minimum Gasteiger partial charge on any atom is -0.310 e.